The average molecular weight is 874 g/mol. The number of unbranched alkanes of at least 4 members (excludes halogenated alkanes) is 34. The van der Waals surface area contributed by atoms with E-state index in [4.69, 9.17) is 18.5 Å². The Balaban J connectivity index is 4.17. The highest BCUT2D eigenvalue weighted by Crippen LogP contribution is 2.38. The first-order valence-corrected chi connectivity index (χ1v) is 27.2. The van der Waals surface area contributed by atoms with Crippen LogP contribution >= 0.6 is 7.82 Å². The number of carbonyl (C=O) groups is 2. The fourth-order valence-corrected chi connectivity index (χ4v) is 8.33. The lowest BCUT2D eigenvalue weighted by Crippen LogP contribution is -2.37. The molecule has 358 valence electrons. The van der Waals surface area contributed by atoms with Crippen LogP contribution in [-0.4, -0.2) is 70.0 Å². The molecule has 0 aliphatic rings. The van der Waals surface area contributed by atoms with Crippen LogP contribution in [0, 0.1) is 0 Å². The van der Waals surface area contributed by atoms with Gasteiger partial charge in [0.1, 0.15) is 19.8 Å². The molecule has 0 aromatic heterocycles. The zero-order valence-corrected chi connectivity index (χ0v) is 41.3. The van der Waals surface area contributed by atoms with E-state index >= 15 is 0 Å². The molecule has 0 rings (SSSR count). The van der Waals surface area contributed by atoms with E-state index in [1.54, 1.807) is 0 Å². The minimum absolute atomic E-state index is 0.0254. The van der Waals surface area contributed by atoms with E-state index in [1.807, 2.05) is 21.1 Å². The lowest BCUT2D eigenvalue weighted by Gasteiger charge is -2.28. The minimum atomic E-state index is -4.62. The number of phosphoric acid groups is 1. The van der Waals surface area contributed by atoms with Crippen molar-refractivity contribution in [1.82, 2.24) is 0 Å². The van der Waals surface area contributed by atoms with Gasteiger partial charge in [0.25, 0.3) is 7.82 Å². The third-order valence-corrected chi connectivity index (χ3v) is 12.6. The number of carbonyl (C=O) groups excluding carboxylic acids is 2. The van der Waals surface area contributed by atoms with Gasteiger partial charge in [-0.15, -0.1) is 0 Å². The smallest absolute Gasteiger partial charge is 0.306 e. The molecule has 10 heteroatoms. The van der Waals surface area contributed by atoms with Gasteiger partial charge in [-0.05, 0) is 12.8 Å². The van der Waals surface area contributed by atoms with Crippen molar-refractivity contribution in [2.24, 2.45) is 0 Å². The number of ether oxygens (including phenoxy) is 2. The maximum atomic E-state index is 12.7. The third-order valence-electron chi connectivity index (χ3n) is 11.6. The number of hydrogen-bond acceptors (Lipinski definition) is 8. The number of phosphoric ester groups is 1. The number of quaternary nitrogens is 1. The van der Waals surface area contributed by atoms with Crippen molar-refractivity contribution < 1.29 is 42.1 Å². The standard InChI is InChI=1S/C50H100NO8P/c1-6-8-10-12-14-16-18-20-22-23-24-25-26-27-29-30-32-34-36-38-40-42-49(52)56-46-48(47-58-60(54,55)57-45-44-51(3,4)5)59-50(53)43-41-39-37-35-33-31-28-21-19-17-15-13-11-9-7-2/h48H,6-47H2,1-5H3/t48-/m1/s1. The Bertz CT molecular complexity index is 990. The van der Waals surface area contributed by atoms with Crippen molar-refractivity contribution in [3.8, 4) is 0 Å². The Morgan fingerprint density at radius 3 is 1.07 bits per heavy atom. The van der Waals surface area contributed by atoms with Crippen molar-refractivity contribution in [2.75, 3.05) is 47.5 Å². The topological polar surface area (TPSA) is 111 Å². The molecule has 0 aromatic carbocycles. The van der Waals surface area contributed by atoms with Crippen LogP contribution in [0.5, 0.6) is 0 Å². The molecule has 9 nitrogen and oxygen atoms in total. The summed E-state index contributed by atoms with van der Waals surface area (Å²) in [5.74, 6) is -0.814. The summed E-state index contributed by atoms with van der Waals surface area (Å²) in [5.41, 5.74) is 0. The van der Waals surface area contributed by atoms with E-state index in [2.05, 4.69) is 13.8 Å². The summed E-state index contributed by atoms with van der Waals surface area (Å²) >= 11 is 0. The molecule has 1 unspecified atom stereocenters. The van der Waals surface area contributed by atoms with Crippen LogP contribution in [-0.2, 0) is 32.7 Å². The van der Waals surface area contributed by atoms with Gasteiger partial charge in [0.2, 0.25) is 0 Å². The van der Waals surface area contributed by atoms with E-state index in [-0.39, 0.29) is 32.0 Å². The molecule has 0 saturated carbocycles. The zero-order chi connectivity index (χ0) is 44.3. The highest BCUT2D eigenvalue weighted by Gasteiger charge is 2.21. The molecule has 60 heavy (non-hydrogen) atoms. The largest absolute Gasteiger partial charge is 0.756 e. The highest BCUT2D eigenvalue weighted by molar-refractivity contribution is 7.45. The van der Waals surface area contributed by atoms with Gasteiger partial charge < -0.3 is 27.9 Å². The van der Waals surface area contributed by atoms with Gasteiger partial charge in [0, 0.05) is 12.8 Å². The monoisotopic (exact) mass is 874 g/mol. The second-order valence-corrected chi connectivity index (χ2v) is 20.3. The molecule has 0 amide bonds. The second-order valence-electron chi connectivity index (χ2n) is 18.9. The normalized spacial score (nSPS) is 13.4. The number of esters is 2. The van der Waals surface area contributed by atoms with Gasteiger partial charge in [-0.25, -0.2) is 0 Å². The minimum Gasteiger partial charge on any atom is -0.756 e. The van der Waals surface area contributed by atoms with Crippen LogP contribution < -0.4 is 4.89 Å². The van der Waals surface area contributed by atoms with E-state index in [9.17, 15) is 19.0 Å². The fourth-order valence-electron chi connectivity index (χ4n) is 7.60. The number of likely N-dealkylation sites (N-methyl/N-ethyl adjacent to an activating group) is 1. The number of hydrogen-bond donors (Lipinski definition) is 0. The summed E-state index contributed by atoms with van der Waals surface area (Å²) in [6, 6.07) is 0. The van der Waals surface area contributed by atoms with Crippen molar-refractivity contribution >= 4 is 19.8 Å². The molecular weight excluding hydrogens is 774 g/mol. The summed E-state index contributed by atoms with van der Waals surface area (Å²) < 4.78 is 34.0. The number of nitrogens with zero attached hydrogens (tertiary/aromatic N) is 1. The Hall–Kier alpha value is -0.990. The first kappa shape index (κ1) is 59.0. The summed E-state index contributed by atoms with van der Waals surface area (Å²) in [4.78, 5) is 37.7. The van der Waals surface area contributed by atoms with E-state index in [0.29, 0.717) is 17.4 Å². The van der Waals surface area contributed by atoms with Crippen LogP contribution in [0.15, 0.2) is 0 Å². The average Bonchev–Trinajstić information content (AvgIpc) is 3.20. The maximum Gasteiger partial charge on any atom is 0.306 e. The van der Waals surface area contributed by atoms with Gasteiger partial charge in [-0.3, -0.25) is 14.2 Å². The molecule has 0 radical (unpaired) electrons. The van der Waals surface area contributed by atoms with Crippen molar-refractivity contribution in [3.63, 3.8) is 0 Å². The first-order valence-electron chi connectivity index (χ1n) is 25.7. The molecule has 0 spiro atoms. The van der Waals surface area contributed by atoms with Gasteiger partial charge in [0.05, 0.1) is 27.7 Å². The predicted molar refractivity (Wildman–Crippen MR) is 250 cm³/mol. The van der Waals surface area contributed by atoms with E-state index in [1.165, 1.54) is 193 Å². The summed E-state index contributed by atoms with van der Waals surface area (Å²) in [6.07, 6.45) is 45.6. The maximum absolute atomic E-state index is 12.7. The van der Waals surface area contributed by atoms with Crippen molar-refractivity contribution in [2.45, 2.75) is 264 Å². The zero-order valence-electron chi connectivity index (χ0n) is 40.4. The summed E-state index contributed by atoms with van der Waals surface area (Å²) in [5, 5.41) is 0. The quantitative estimate of drug-likeness (QED) is 0.0257. The van der Waals surface area contributed by atoms with Crippen LogP contribution in [0.25, 0.3) is 0 Å². The number of rotatable bonds is 48. The lowest BCUT2D eigenvalue weighted by atomic mass is 10.0. The fraction of sp³-hybridized carbons (Fsp3) is 0.960. The Morgan fingerprint density at radius 2 is 0.750 bits per heavy atom. The predicted octanol–water partition coefficient (Wildman–Crippen LogP) is 14.5. The molecule has 2 atom stereocenters. The molecule has 0 N–H and O–H groups in total. The Morgan fingerprint density at radius 1 is 0.450 bits per heavy atom. The van der Waals surface area contributed by atoms with Crippen LogP contribution in [0.4, 0.5) is 0 Å². The molecular formula is C50H100NO8P. The van der Waals surface area contributed by atoms with Gasteiger partial charge in [-0.2, -0.15) is 0 Å². The van der Waals surface area contributed by atoms with Gasteiger partial charge >= 0.3 is 11.9 Å². The molecule has 0 saturated heterocycles. The summed E-state index contributed by atoms with van der Waals surface area (Å²) in [6.45, 7) is 4.29. The van der Waals surface area contributed by atoms with E-state index in [0.717, 1.165) is 32.1 Å². The van der Waals surface area contributed by atoms with Crippen molar-refractivity contribution in [3.05, 3.63) is 0 Å². The SMILES string of the molecule is CCCCCCCCCCCCCCCCCCCCCCCC(=O)OC[C@H](COP(=O)([O-])OCC[N+](C)(C)C)OC(=O)CCCCCCCCCCCCCCCCC. The molecule has 0 bridgehead atoms. The second kappa shape index (κ2) is 43.3. The van der Waals surface area contributed by atoms with Crippen molar-refractivity contribution in [1.29, 1.82) is 0 Å². The first-order chi connectivity index (χ1) is 29.0. The van der Waals surface area contributed by atoms with Crippen LogP contribution in [0.3, 0.4) is 0 Å². The van der Waals surface area contributed by atoms with E-state index < -0.39 is 26.5 Å². The van der Waals surface area contributed by atoms with Crippen LogP contribution in [0.1, 0.15) is 258 Å². The van der Waals surface area contributed by atoms with Crippen LogP contribution in [0.2, 0.25) is 0 Å². The highest BCUT2D eigenvalue weighted by atomic mass is 31.2. The molecule has 0 aliphatic heterocycles. The molecule has 0 fully saturated rings. The third kappa shape index (κ3) is 46.5. The molecule has 0 heterocycles. The summed E-state index contributed by atoms with van der Waals surface area (Å²) in [7, 11) is 1.19. The van der Waals surface area contributed by atoms with Gasteiger partial charge in [0.15, 0.2) is 6.10 Å². The van der Waals surface area contributed by atoms with Gasteiger partial charge in [-0.1, -0.05) is 232 Å². The Kier molecular flexibility index (Phi) is 42.6. The Labute approximate surface area is 372 Å². The molecule has 0 aromatic rings. The molecule has 0 aliphatic carbocycles. The lowest BCUT2D eigenvalue weighted by molar-refractivity contribution is -0.870.